The summed E-state index contributed by atoms with van der Waals surface area (Å²) in [4.78, 5) is 24.1. The molecule has 0 bridgehead atoms. The molecular weight excluding hydrogens is 322 g/mol. The van der Waals surface area contributed by atoms with E-state index in [1.807, 2.05) is 19.1 Å². The lowest BCUT2D eigenvalue weighted by molar-refractivity contribution is -0.148. The van der Waals surface area contributed by atoms with Gasteiger partial charge in [0, 0.05) is 6.07 Å². The smallest absolute Gasteiger partial charge is 0.349 e. The monoisotopic (exact) mass is 339 g/mol. The largest absolute Gasteiger partial charge is 0.448 e. The topological polar surface area (TPSA) is 105 Å². The number of ether oxygens (including phenoxy) is 1. The van der Waals surface area contributed by atoms with E-state index in [-0.39, 0.29) is 11.4 Å². The normalized spacial score (nSPS) is 12.2. The summed E-state index contributed by atoms with van der Waals surface area (Å²) in [5.41, 5.74) is 1.56. The number of rotatable bonds is 5. The lowest BCUT2D eigenvalue weighted by Gasteiger charge is -2.11. The Kier molecular flexibility index (Phi) is 5.69. The van der Waals surface area contributed by atoms with Crippen LogP contribution in [0.5, 0.6) is 0 Å². The molecule has 0 saturated heterocycles. The lowest BCUT2D eigenvalue weighted by atomic mass is 10.1. The first-order chi connectivity index (χ1) is 11.9. The maximum atomic E-state index is 12.1. The molecule has 7 nitrogen and oxygen atoms in total. The molecule has 0 spiro atoms. The van der Waals surface area contributed by atoms with Crippen LogP contribution in [0.1, 0.15) is 23.8 Å². The van der Waals surface area contributed by atoms with Crippen molar-refractivity contribution in [3.05, 3.63) is 52.8 Å². The van der Waals surface area contributed by atoms with E-state index in [4.69, 9.17) is 14.5 Å². The van der Waals surface area contributed by atoms with Crippen LogP contribution in [-0.4, -0.2) is 23.1 Å². The predicted octanol–water partition coefficient (Wildman–Crippen LogP) is 2.77. The number of esters is 1. The van der Waals surface area contributed by atoms with Gasteiger partial charge in [-0.05, 0) is 32.4 Å². The van der Waals surface area contributed by atoms with Crippen LogP contribution < -0.4 is 5.32 Å². The minimum Gasteiger partial charge on any atom is -0.448 e. The molecule has 2 aromatic rings. The van der Waals surface area contributed by atoms with E-state index in [1.54, 1.807) is 25.1 Å². The number of aryl methyl sites for hydroxylation is 2. The van der Waals surface area contributed by atoms with Crippen LogP contribution in [0.3, 0.4) is 0 Å². The third-order valence-corrected chi connectivity index (χ3v) is 3.26. The van der Waals surface area contributed by atoms with E-state index in [0.717, 1.165) is 5.56 Å². The molecule has 1 aromatic carbocycles. The summed E-state index contributed by atoms with van der Waals surface area (Å²) >= 11 is 0. The first-order valence-electron chi connectivity index (χ1n) is 7.52. The van der Waals surface area contributed by atoms with Crippen molar-refractivity contribution >= 4 is 23.8 Å². The standard InChI is InChI=1S/C18H17N3O4/c1-11-4-6-14(7-5-11)9-15(10-19)18(23)24-13(3)17(22)20-16-8-12(2)25-21-16/h4-9,13H,1-3H3,(H,20,21,22)/b15-9+/t13-/m0/s1. The number of hydrogen-bond acceptors (Lipinski definition) is 6. The van der Waals surface area contributed by atoms with Crippen LogP contribution in [0, 0.1) is 25.2 Å². The molecule has 0 unspecified atom stereocenters. The SMILES string of the molecule is Cc1ccc(/C=C(\C#N)C(=O)O[C@@H](C)C(=O)Nc2cc(C)on2)cc1. The molecular formula is C18H17N3O4. The Morgan fingerprint density at radius 3 is 2.56 bits per heavy atom. The van der Waals surface area contributed by atoms with Crippen LogP contribution in [0.2, 0.25) is 0 Å². The molecule has 25 heavy (non-hydrogen) atoms. The average molecular weight is 339 g/mol. The van der Waals surface area contributed by atoms with Crippen molar-refractivity contribution in [3.63, 3.8) is 0 Å². The van der Waals surface area contributed by atoms with Gasteiger partial charge < -0.3 is 14.6 Å². The highest BCUT2D eigenvalue weighted by atomic mass is 16.5. The lowest BCUT2D eigenvalue weighted by Crippen LogP contribution is -2.30. The summed E-state index contributed by atoms with van der Waals surface area (Å²) in [6.45, 7) is 5.02. The fourth-order valence-corrected chi connectivity index (χ4v) is 1.90. The summed E-state index contributed by atoms with van der Waals surface area (Å²) in [5.74, 6) is -0.690. The molecule has 0 aliphatic heterocycles. The molecule has 1 N–H and O–H groups in total. The third-order valence-electron chi connectivity index (χ3n) is 3.26. The van der Waals surface area contributed by atoms with Gasteiger partial charge in [-0.3, -0.25) is 4.79 Å². The highest BCUT2D eigenvalue weighted by Crippen LogP contribution is 2.12. The molecule has 0 radical (unpaired) electrons. The van der Waals surface area contributed by atoms with Gasteiger partial charge in [0.1, 0.15) is 17.4 Å². The maximum absolute atomic E-state index is 12.1. The minimum atomic E-state index is -1.10. The predicted molar refractivity (Wildman–Crippen MR) is 90.2 cm³/mol. The molecule has 1 aromatic heterocycles. The van der Waals surface area contributed by atoms with E-state index in [0.29, 0.717) is 11.3 Å². The van der Waals surface area contributed by atoms with Crippen LogP contribution in [0.4, 0.5) is 5.82 Å². The summed E-state index contributed by atoms with van der Waals surface area (Å²) in [7, 11) is 0. The Balaban J connectivity index is 2.01. The molecule has 0 aliphatic carbocycles. The fraction of sp³-hybridized carbons (Fsp3) is 0.222. The zero-order valence-electron chi connectivity index (χ0n) is 14.1. The molecule has 2 rings (SSSR count). The van der Waals surface area contributed by atoms with Crippen molar-refractivity contribution in [3.8, 4) is 6.07 Å². The van der Waals surface area contributed by atoms with E-state index in [1.165, 1.54) is 19.1 Å². The van der Waals surface area contributed by atoms with Gasteiger partial charge in [0.05, 0.1) is 0 Å². The zero-order valence-corrected chi connectivity index (χ0v) is 14.1. The quantitative estimate of drug-likeness (QED) is 0.510. The van der Waals surface area contributed by atoms with E-state index in [2.05, 4.69) is 10.5 Å². The molecule has 1 atom stereocenters. The Hall–Kier alpha value is -3.40. The second kappa shape index (κ2) is 7.93. The number of nitrogens with zero attached hydrogens (tertiary/aromatic N) is 2. The number of carbonyl (C=O) groups excluding carboxylic acids is 2. The second-order valence-corrected chi connectivity index (χ2v) is 5.44. The number of hydrogen-bond donors (Lipinski definition) is 1. The zero-order chi connectivity index (χ0) is 18.4. The highest BCUT2D eigenvalue weighted by Gasteiger charge is 2.21. The van der Waals surface area contributed by atoms with Crippen molar-refractivity contribution in [2.45, 2.75) is 26.9 Å². The first kappa shape index (κ1) is 17.9. The number of aromatic nitrogens is 1. The van der Waals surface area contributed by atoms with Crippen LogP contribution in [0.25, 0.3) is 6.08 Å². The van der Waals surface area contributed by atoms with Crippen molar-refractivity contribution in [1.82, 2.24) is 5.16 Å². The fourth-order valence-electron chi connectivity index (χ4n) is 1.90. The molecule has 1 amide bonds. The summed E-state index contributed by atoms with van der Waals surface area (Å²) in [6.07, 6.45) is 0.312. The van der Waals surface area contributed by atoms with Gasteiger partial charge in [-0.1, -0.05) is 35.0 Å². The minimum absolute atomic E-state index is 0.194. The van der Waals surface area contributed by atoms with Gasteiger partial charge in [-0.25, -0.2) is 4.79 Å². The molecule has 0 fully saturated rings. The Morgan fingerprint density at radius 1 is 1.32 bits per heavy atom. The molecule has 7 heteroatoms. The number of carbonyl (C=O) groups is 2. The van der Waals surface area contributed by atoms with Gasteiger partial charge >= 0.3 is 5.97 Å². The van der Waals surface area contributed by atoms with E-state index >= 15 is 0 Å². The van der Waals surface area contributed by atoms with Gasteiger partial charge in [0.25, 0.3) is 5.91 Å². The van der Waals surface area contributed by atoms with E-state index in [9.17, 15) is 9.59 Å². The number of anilines is 1. The van der Waals surface area contributed by atoms with Crippen LogP contribution in [-0.2, 0) is 14.3 Å². The van der Waals surface area contributed by atoms with Crippen molar-refractivity contribution < 1.29 is 18.8 Å². The summed E-state index contributed by atoms with van der Waals surface area (Å²) in [6, 6.07) is 10.6. The Morgan fingerprint density at radius 2 is 2.00 bits per heavy atom. The number of benzene rings is 1. The second-order valence-electron chi connectivity index (χ2n) is 5.44. The first-order valence-corrected chi connectivity index (χ1v) is 7.52. The molecule has 128 valence electrons. The third kappa shape index (κ3) is 5.04. The van der Waals surface area contributed by atoms with Crippen molar-refractivity contribution in [1.29, 1.82) is 5.26 Å². The highest BCUT2D eigenvalue weighted by molar-refractivity contribution is 6.00. The Labute approximate surface area is 144 Å². The summed E-state index contributed by atoms with van der Waals surface area (Å²) in [5, 5.41) is 15.2. The van der Waals surface area contributed by atoms with Gasteiger partial charge in [-0.2, -0.15) is 5.26 Å². The summed E-state index contributed by atoms with van der Waals surface area (Å²) < 4.78 is 9.87. The molecule has 0 aliphatic rings. The van der Waals surface area contributed by atoms with Crippen LogP contribution in [0.15, 0.2) is 40.4 Å². The van der Waals surface area contributed by atoms with E-state index < -0.39 is 18.0 Å². The van der Waals surface area contributed by atoms with Gasteiger partial charge in [0.15, 0.2) is 11.9 Å². The number of nitriles is 1. The number of nitrogens with one attached hydrogen (secondary N) is 1. The van der Waals surface area contributed by atoms with Gasteiger partial charge in [-0.15, -0.1) is 0 Å². The van der Waals surface area contributed by atoms with Crippen molar-refractivity contribution in [2.75, 3.05) is 5.32 Å². The molecule has 0 saturated carbocycles. The van der Waals surface area contributed by atoms with Crippen LogP contribution >= 0.6 is 0 Å². The Bertz CT molecular complexity index is 844. The average Bonchev–Trinajstić information content (AvgIpc) is 2.98. The number of amides is 1. The maximum Gasteiger partial charge on any atom is 0.349 e. The van der Waals surface area contributed by atoms with Crippen molar-refractivity contribution in [2.24, 2.45) is 0 Å². The molecule has 1 heterocycles. The van der Waals surface area contributed by atoms with Gasteiger partial charge in [0.2, 0.25) is 0 Å².